The summed E-state index contributed by atoms with van der Waals surface area (Å²) >= 11 is 13.2. The Morgan fingerprint density at radius 3 is 2.30 bits per heavy atom. The summed E-state index contributed by atoms with van der Waals surface area (Å²) in [7, 11) is 0. The van der Waals surface area contributed by atoms with Gasteiger partial charge in [-0.1, -0.05) is 23.2 Å². The number of nitrogens with one attached hydrogen (secondary N) is 1. The molecule has 104 valence electrons. The van der Waals surface area contributed by atoms with Crippen molar-refractivity contribution < 1.29 is 14.7 Å². The number of carboxylic acids is 1. The number of aryl methyl sites for hydroxylation is 1. The van der Waals surface area contributed by atoms with Crippen LogP contribution < -0.4 is 5.32 Å². The average Bonchev–Trinajstić information content (AvgIpc) is 2.79. The number of amides is 1. The minimum absolute atomic E-state index is 0.0368. The normalized spacial score (nSPS) is 10.3. The van der Waals surface area contributed by atoms with Crippen molar-refractivity contribution in [3.05, 3.63) is 49.6 Å². The standard InChI is InChI=1S/C13H9Cl2NO3S/c1-6-2-3-20-11(6)12(17)16-10-8(14)4-7(13(18)19)5-9(10)15/h2-5H,1H3,(H,16,17)(H,18,19). The van der Waals surface area contributed by atoms with Crippen molar-refractivity contribution in [2.45, 2.75) is 6.92 Å². The van der Waals surface area contributed by atoms with Gasteiger partial charge in [-0.3, -0.25) is 4.79 Å². The van der Waals surface area contributed by atoms with Crippen molar-refractivity contribution >= 4 is 52.1 Å². The fourth-order valence-corrected chi connectivity index (χ4v) is 2.99. The third-order valence-electron chi connectivity index (χ3n) is 2.60. The molecule has 0 fully saturated rings. The number of hydrogen-bond donors (Lipinski definition) is 2. The monoisotopic (exact) mass is 329 g/mol. The summed E-state index contributed by atoms with van der Waals surface area (Å²) in [5.41, 5.74) is 1.02. The molecule has 0 saturated heterocycles. The van der Waals surface area contributed by atoms with Crippen LogP contribution in [-0.2, 0) is 0 Å². The molecule has 0 aliphatic carbocycles. The van der Waals surface area contributed by atoms with Crippen molar-refractivity contribution in [2.24, 2.45) is 0 Å². The maximum atomic E-state index is 12.1. The van der Waals surface area contributed by atoms with Gasteiger partial charge in [-0.05, 0) is 36.1 Å². The smallest absolute Gasteiger partial charge is 0.335 e. The van der Waals surface area contributed by atoms with Crippen molar-refractivity contribution in [3.8, 4) is 0 Å². The molecule has 1 amide bonds. The first-order valence-corrected chi connectivity index (χ1v) is 7.11. The predicted octanol–water partition coefficient (Wildman–Crippen LogP) is 4.31. The first-order chi connectivity index (χ1) is 9.40. The number of benzene rings is 1. The number of halogens is 2. The summed E-state index contributed by atoms with van der Waals surface area (Å²) in [4.78, 5) is 23.5. The Labute approximate surface area is 128 Å². The fraction of sp³-hybridized carbons (Fsp3) is 0.0769. The number of carboxylic acid groups (broad SMARTS) is 1. The van der Waals surface area contributed by atoms with E-state index in [4.69, 9.17) is 28.3 Å². The molecule has 1 heterocycles. The highest BCUT2D eigenvalue weighted by molar-refractivity contribution is 7.12. The summed E-state index contributed by atoms with van der Waals surface area (Å²) in [5.74, 6) is -1.47. The van der Waals surface area contributed by atoms with Crippen LogP contribution in [0, 0.1) is 6.92 Å². The first kappa shape index (κ1) is 14.8. The number of anilines is 1. The van der Waals surface area contributed by atoms with E-state index in [0.717, 1.165) is 5.56 Å². The molecule has 2 N–H and O–H groups in total. The van der Waals surface area contributed by atoms with Crippen molar-refractivity contribution in [2.75, 3.05) is 5.32 Å². The van der Waals surface area contributed by atoms with E-state index in [0.29, 0.717) is 4.88 Å². The third kappa shape index (κ3) is 2.95. The third-order valence-corrected chi connectivity index (χ3v) is 4.21. The molecule has 7 heteroatoms. The van der Waals surface area contributed by atoms with Gasteiger partial charge in [0.1, 0.15) is 0 Å². The molecule has 2 aromatic rings. The molecule has 0 aliphatic rings. The molecule has 20 heavy (non-hydrogen) atoms. The van der Waals surface area contributed by atoms with E-state index in [1.165, 1.54) is 23.5 Å². The number of hydrogen-bond acceptors (Lipinski definition) is 3. The molecule has 0 saturated carbocycles. The highest BCUT2D eigenvalue weighted by atomic mass is 35.5. The quantitative estimate of drug-likeness (QED) is 0.881. The largest absolute Gasteiger partial charge is 0.478 e. The Balaban J connectivity index is 2.33. The average molecular weight is 330 g/mol. The molecular weight excluding hydrogens is 321 g/mol. The number of rotatable bonds is 3. The lowest BCUT2D eigenvalue weighted by Crippen LogP contribution is -2.12. The second-order valence-electron chi connectivity index (χ2n) is 4.01. The summed E-state index contributed by atoms with van der Waals surface area (Å²) < 4.78 is 0. The van der Waals surface area contributed by atoms with E-state index in [1.807, 2.05) is 13.0 Å². The summed E-state index contributed by atoms with van der Waals surface area (Å²) in [6.07, 6.45) is 0. The SMILES string of the molecule is Cc1ccsc1C(=O)Nc1c(Cl)cc(C(=O)O)cc1Cl. The molecule has 0 unspecified atom stereocenters. The first-order valence-electron chi connectivity index (χ1n) is 5.48. The Morgan fingerprint density at radius 1 is 1.25 bits per heavy atom. The Hall–Kier alpha value is -1.56. The van der Waals surface area contributed by atoms with Crippen LogP contribution in [0.3, 0.4) is 0 Å². The van der Waals surface area contributed by atoms with Crippen LogP contribution in [0.25, 0.3) is 0 Å². The van der Waals surface area contributed by atoms with E-state index >= 15 is 0 Å². The molecule has 1 aromatic carbocycles. The summed E-state index contributed by atoms with van der Waals surface area (Å²) in [6.45, 7) is 1.82. The highest BCUT2D eigenvalue weighted by Crippen LogP contribution is 2.32. The van der Waals surface area contributed by atoms with Crippen LogP contribution in [0.2, 0.25) is 10.0 Å². The number of carbonyl (C=O) groups is 2. The van der Waals surface area contributed by atoms with Crippen LogP contribution >= 0.6 is 34.5 Å². The van der Waals surface area contributed by atoms with Gasteiger partial charge < -0.3 is 10.4 Å². The van der Waals surface area contributed by atoms with Gasteiger partial charge >= 0.3 is 5.97 Å². The Bertz CT molecular complexity index is 674. The van der Waals surface area contributed by atoms with Gasteiger partial charge in [0.05, 0.1) is 26.2 Å². The minimum Gasteiger partial charge on any atom is -0.478 e. The van der Waals surface area contributed by atoms with Crippen LogP contribution in [0.15, 0.2) is 23.6 Å². The van der Waals surface area contributed by atoms with Gasteiger partial charge in [-0.2, -0.15) is 0 Å². The van der Waals surface area contributed by atoms with E-state index < -0.39 is 5.97 Å². The topological polar surface area (TPSA) is 66.4 Å². The van der Waals surface area contributed by atoms with Crippen LogP contribution in [0.1, 0.15) is 25.6 Å². The van der Waals surface area contributed by atoms with E-state index in [2.05, 4.69) is 5.32 Å². The van der Waals surface area contributed by atoms with Gasteiger partial charge in [0.2, 0.25) is 0 Å². The fourth-order valence-electron chi connectivity index (χ4n) is 1.59. The molecule has 2 rings (SSSR count). The van der Waals surface area contributed by atoms with E-state index in [-0.39, 0.29) is 27.2 Å². The number of thiophene rings is 1. The van der Waals surface area contributed by atoms with Gasteiger partial charge in [-0.25, -0.2) is 4.79 Å². The van der Waals surface area contributed by atoms with Crippen molar-refractivity contribution in [3.63, 3.8) is 0 Å². The molecule has 0 aliphatic heterocycles. The van der Waals surface area contributed by atoms with Gasteiger partial charge in [0, 0.05) is 0 Å². The van der Waals surface area contributed by atoms with Crippen LogP contribution in [0.5, 0.6) is 0 Å². The van der Waals surface area contributed by atoms with Gasteiger partial charge in [-0.15, -0.1) is 11.3 Å². The minimum atomic E-state index is -1.14. The van der Waals surface area contributed by atoms with Crippen LogP contribution in [0.4, 0.5) is 5.69 Å². The molecular formula is C13H9Cl2NO3S. The Morgan fingerprint density at radius 2 is 1.85 bits per heavy atom. The zero-order valence-corrected chi connectivity index (χ0v) is 12.6. The lowest BCUT2D eigenvalue weighted by atomic mass is 10.2. The van der Waals surface area contributed by atoms with Crippen LogP contribution in [-0.4, -0.2) is 17.0 Å². The van der Waals surface area contributed by atoms with Crippen molar-refractivity contribution in [1.82, 2.24) is 0 Å². The zero-order chi connectivity index (χ0) is 14.9. The van der Waals surface area contributed by atoms with Gasteiger partial charge in [0.15, 0.2) is 0 Å². The maximum absolute atomic E-state index is 12.1. The summed E-state index contributed by atoms with van der Waals surface area (Å²) in [5, 5.41) is 13.5. The molecule has 0 spiro atoms. The molecule has 0 atom stereocenters. The van der Waals surface area contributed by atoms with Gasteiger partial charge in [0.25, 0.3) is 5.91 Å². The lowest BCUT2D eigenvalue weighted by Gasteiger charge is -2.10. The predicted molar refractivity (Wildman–Crippen MR) is 80.4 cm³/mol. The maximum Gasteiger partial charge on any atom is 0.335 e. The Kier molecular flexibility index (Phi) is 4.32. The summed E-state index contributed by atoms with van der Waals surface area (Å²) in [6, 6.07) is 4.32. The molecule has 0 radical (unpaired) electrons. The molecule has 0 bridgehead atoms. The number of aromatic carboxylic acids is 1. The van der Waals surface area contributed by atoms with Crippen molar-refractivity contribution in [1.29, 1.82) is 0 Å². The molecule has 1 aromatic heterocycles. The second-order valence-corrected chi connectivity index (χ2v) is 5.74. The highest BCUT2D eigenvalue weighted by Gasteiger charge is 2.17. The zero-order valence-electron chi connectivity index (χ0n) is 10.2. The number of carbonyl (C=O) groups excluding carboxylic acids is 1. The van der Waals surface area contributed by atoms with E-state index in [9.17, 15) is 9.59 Å². The second kappa shape index (κ2) is 5.83. The van der Waals surface area contributed by atoms with E-state index in [1.54, 1.807) is 5.38 Å². The molecule has 4 nitrogen and oxygen atoms in total. The lowest BCUT2D eigenvalue weighted by molar-refractivity contribution is 0.0696.